The highest BCUT2D eigenvalue weighted by Gasteiger charge is 2.17. The number of benzene rings is 2. The zero-order chi connectivity index (χ0) is 17.6. The van der Waals surface area contributed by atoms with Crippen LogP contribution < -0.4 is 9.50 Å². The monoisotopic (exact) mass is 339 g/mol. The van der Waals surface area contributed by atoms with Crippen molar-refractivity contribution >= 4 is 15.8 Å². The molecule has 0 saturated carbocycles. The molecule has 0 heterocycles. The normalized spacial score (nSPS) is 10.1. The first kappa shape index (κ1) is 17.1. The number of aryl methyl sites for hydroxylation is 1. The van der Waals surface area contributed by atoms with Crippen molar-refractivity contribution in [3.63, 3.8) is 0 Å². The number of hydrogen-bond donors (Lipinski definition) is 1. The third-order valence-electron chi connectivity index (χ3n) is 3.06. The van der Waals surface area contributed by atoms with Gasteiger partial charge in [0, 0.05) is 11.9 Å². The van der Waals surface area contributed by atoms with Crippen molar-refractivity contribution in [1.29, 1.82) is 10.5 Å². The Hall–Kier alpha value is -3.29. The van der Waals surface area contributed by atoms with E-state index in [1.165, 1.54) is 18.3 Å². The molecular weight excluding hydrogens is 326 g/mol. The molecule has 120 valence electrons. The molecule has 6 nitrogen and oxygen atoms in total. The molecule has 1 N–H and O–H groups in total. The van der Waals surface area contributed by atoms with Gasteiger partial charge in [0.05, 0.1) is 0 Å². The van der Waals surface area contributed by atoms with Gasteiger partial charge in [0.1, 0.15) is 28.4 Å². The third kappa shape index (κ3) is 4.13. The SMILES string of the molecule is Cc1ccc(S(=O)(=O)Oc2ccccc2)cc1NC=C(C#N)C#N. The molecule has 0 bridgehead atoms. The first-order valence-corrected chi connectivity index (χ1v) is 8.24. The van der Waals surface area contributed by atoms with E-state index in [1.807, 2.05) is 0 Å². The van der Waals surface area contributed by atoms with Crippen molar-refractivity contribution in [1.82, 2.24) is 0 Å². The highest BCUT2D eigenvalue weighted by Crippen LogP contribution is 2.23. The van der Waals surface area contributed by atoms with Crippen molar-refractivity contribution in [2.45, 2.75) is 11.8 Å². The van der Waals surface area contributed by atoms with Gasteiger partial charge in [0.15, 0.2) is 0 Å². The lowest BCUT2D eigenvalue weighted by molar-refractivity contribution is 0.486. The molecule has 0 aliphatic rings. The fourth-order valence-electron chi connectivity index (χ4n) is 1.80. The Morgan fingerprint density at radius 2 is 1.79 bits per heavy atom. The van der Waals surface area contributed by atoms with Crippen molar-refractivity contribution in [2.75, 3.05) is 5.32 Å². The number of allylic oxidation sites excluding steroid dienone is 1. The summed E-state index contributed by atoms with van der Waals surface area (Å²) in [6.07, 6.45) is 1.22. The van der Waals surface area contributed by atoms with Gasteiger partial charge in [-0.2, -0.15) is 18.9 Å². The molecule has 7 heteroatoms. The van der Waals surface area contributed by atoms with Crippen LogP contribution in [0, 0.1) is 29.6 Å². The van der Waals surface area contributed by atoms with Gasteiger partial charge in [0.2, 0.25) is 0 Å². The van der Waals surface area contributed by atoms with Crippen molar-refractivity contribution in [3.8, 4) is 17.9 Å². The summed E-state index contributed by atoms with van der Waals surface area (Å²) < 4.78 is 29.8. The Morgan fingerprint density at radius 1 is 1.12 bits per heavy atom. The molecule has 2 aromatic rings. The highest BCUT2D eigenvalue weighted by molar-refractivity contribution is 7.87. The van der Waals surface area contributed by atoms with Crippen LogP contribution in [0.5, 0.6) is 5.75 Å². The maximum atomic E-state index is 12.3. The summed E-state index contributed by atoms with van der Waals surface area (Å²) in [5.74, 6) is 0.212. The van der Waals surface area contributed by atoms with Crippen LogP contribution in [0.25, 0.3) is 0 Å². The van der Waals surface area contributed by atoms with Crippen LogP contribution in [-0.4, -0.2) is 8.42 Å². The van der Waals surface area contributed by atoms with Gasteiger partial charge in [-0.05, 0) is 36.8 Å². The van der Waals surface area contributed by atoms with Crippen molar-refractivity contribution < 1.29 is 12.6 Å². The Balaban J connectivity index is 2.32. The lowest BCUT2D eigenvalue weighted by Crippen LogP contribution is -2.10. The van der Waals surface area contributed by atoms with Crippen LogP contribution in [0.4, 0.5) is 5.69 Å². The predicted octanol–water partition coefficient (Wildman–Crippen LogP) is 3.11. The molecule has 0 atom stereocenters. The molecule has 0 spiro atoms. The minimum Gasteiger partial charge on any atom is -0.379 e. The predicted molar refractivity (Wildman–Crippen MR) is 88.4 cm³/mol. The van der Waals surface area contributed by atoms with E-state index >= 15 is 0 Å². The molecule has 0 radical (unpaired) electrons. The third-order valence-corrected chi connectivity index (χ3v) is 4.30. The zero-order valence-electron chi connectivity index (χ0n) is 12.7. The number of anilines is 1. The molecule has 0 aromatic heterocycles. The van der Waals surface area contributed by atoms with E-state index in [2.05, 4.69) is 5.32 Å². The maximum Gasteiger partial charge on any atom is 0.339 e. The average molecular weight is 339 g/mol. The molecule has 0 aliphatic heterocycles. The van der Waals surface area contributed by atoms with E-state index < -0.39 is 10.1 Å². The largest absolute Gasteiger partial charge is 0.379 e. The standard InChI is InChI=1S/C17H13N3O3S/c1-13-7-8-16(9-17(13)20-12-14(10-18)11-19)24(21,22)23-15-5-3-2-4-6-15/h2-9,12,20H,1H3. The summed E-state index contributed by atoms with van der Waals surface area (Å²) in [5.41, 5.74) is 1.08. The molecule has 2 aromatic carbocycles. The van der Waals surface area contributed by atoms with Crippen LogP contribution in [-0.2, 0) is 10.1 Å². The quantitative estimate of drug-likeness (QED) is 0.663. The van der Waals surface area contributed by atoms with E-state index in [4.69, 9.17) is 14.7 Å². The molecule has 24 heavy (non-hydrogen) atoms. The summed E-state index contributed by atoms with van der Waals surface area (Å²) in [4.78, 5) is -0.0386. The summed E-state index contributed by atoms with van der Waals surface area (Å²) in [6, 6.07) is 16.0. The summed E-state index contributed by atoms with van der Waals surface area (Å²) >= 11 is 0. The van der Waals surface area contributed by atoms with Crippen LogP contribution in [0.2, 0.25) is 0 Å². The van der Waals surface area contributed by atoms with E-state index in [1.54, 1.807) is 55.5 Å². The average Bonchev–Trinajstić information content (AvgIpc) is 2.57. The van der Waals surface area contributed by atoms with Gasteiger partial charge in [0.25, 0.3) is 0 Å². The molecule has 0 unspecified atom stereocenters. The van der Waals surface area contributed by atoms with Gasteiger partial charge < -0.3 is 9.50 Å². The second kappa shape index (κ2) is 7.32. The van der Waals surface area contributed by atoms with Crippen molar-refractivity contribution in [3.05, 3.63) is 65.9 Å². The molecule has 2 rings (SSSR count). The van der Waals surface area contributed by atoms with Crippen LogP contribution in [0.3, 0.4) is 0 Å². The van der Waals surface area contributed by atoms with Gasteiger partial charge in [-0.3, -0.25) is 0 Å². The maximum absolute atomic E-state index is 12.3. The number of nitriles is 2. The topological polar surface area (TPSA) is 103 Å². The van der Waals surface area contributed by atoms with Crippen LogP contribution >= 0.6 is 0 Å². The zero-order valence-corrected chi connectivity index (χ0v) is 13.5. The van der Waals surface area contributed by atoms with Crippen molar-refractivity contribution in [2.24, 2.45) is 0 Å². The number of para-hydroxylation sites is 1. The molecule has 0 amide bonds. The van der Waals surface area contributed by atoms with Gasteiger partial charge in [-0.15, -0.1) is 0 Å². The van der Waals surface area contributed by atoms with Gasteiger partial charge in [-0.1, -0.05) is 24.3 Å². The minimum absolute atomic E-state index is 0.0386. The molecule has 0 saturated heterocycles. The molecule has 0 fully saturated rings. The van der Waals surface area contributed by atoms with E-state index in [-0.39, 0.29) is 16.2 Å². The molecular formula is C17H13N3O3S. The fourth-order valence-corrected chi connectivity index (χ4v) is 2.76. The lowest BCUT2D eigenvalue weighted by Gasteiger charge is -2.10. The number of nitrogens with one attached hydrogen (secondary N) is 1. The number of rotatable bonds is 5. The second-order valence-electron chi connectivity index (χ2n) is 4.75. The Kier molecular flexibility index (Phi) is 5.20. The summed E-state index contributed by atoms with van der Waals surface area (Å²) in [7, 11) is -3.99. The Labute approximate surface area is 140 Å². The Morgan fingerprint density at radius 3 is 2.42 bits per heavy atom. The number of hydrogen-bond acceptors (Lipinski definition) is 6. The fraction of sp³-hybridized carbons (Fsp3) is 0.0588. The van der Waals surface area contributed by atoms with E-state index in [0.717, 1.165) is 5.56 Å². The first-order valence-electron chi connectivity index (χ1n) is 6.83. The first-order chi connectivity index (χ1) is 11.5. The summed E-state index contributed by atoms with van der Waals surface area (Å²) in [6.45, 7) is 1.77. The highest BCUT2D eigenvalue weighted by atomic mass is 32.2. The number of nitrogens with zero attached hydrogens (tertiary/aromatic N) is 2. The van der Waals surface area contributed by atoms with Crippen LogP contribution in [0.1, 0.15) is 5.56 Å². The van der Waals surface area contributed by atoms with Crippen LogP contribution in [0.15, 0.2) is 65.2 Å². The minimum atomic E-state index is -3.99. The molecule has 0 aliphatic carbocycles. The second-order valence-corrected chi connectivity index (χ2v) is 6.30. The van der Waals surface area contributed by atoms with E-state index in [0.29, 0.717) is 5.69 Å². The van der Waals surface area contributed by atoms with Gasteiger partial charge in [-0.25, -0.2) is 0 Å². The van der Waals surface area contributed by atoms with E-state index in [9.17, 15) is 8.42 Å². The smallest absolute Gasteiger partial charge is 0.339 e. The Bertz CT molecular complexity index is 937. The summed E-state index contributed by atoms with van der Waals surface area (Å²) in [5, 5.41) is 20.2. The lowest BCUT2D eigenvalue weighted by atomic mass is 10.2. The van der Waals surface area contributed by atoms with Gasteiger partial charge >= 0.3 is 10.1 Å².